The van der Waals surface area contributed by atoms with E-state index in [1.165, 1.54) is 12.0 Å². The summed E-state index contributed by atoms with van der Waals surface area (Å²) in [5.74, 6) is -0.286. The molecular weight excluding hydrogens is 448 g/mol. The summed E-state index contributed by atoms with van der Waals surface area (Å²) in [6.45, 7) is 7.90. The maximum absolute atomic E-state index is 12.6. The van der Waals surface area contributed by atoms with Crippen LogP contribution in [0.3, 0.4) is 0 Å². The number of esters is 1. The number of hydrogen-bond acceptors (Lipinski definition) is 6. The molecule has 0 spiro atoms. The first-order chi connectivity index (χ1) is 16.7. The molecule has 0 aliphatic carbocycles. The number of amides is 2. The molecular formula is C26H32N4O5. The minimum atomic E-state index is -0.891. The standard InChI is InChI=1S/C26H32N4O5/c1-16-17(2)30(18(3)31)23-10-9-21(28-11-13-29(14-12-28)26(33)34)15-22(23)24(16)27-20-7-5-19(6-8-20)25(32)35-4/h5-10,15-17,24,27H,11-14H2,1-4H3,(H,33,34)/t16-,17-,24+/m0/s1. The zero-order valence-electron chi connectivity index (χ0n) is 20.5. The lowest BCUT2D eigenvalue weighted by atomic mass is 9.82. The van der Waals surface area contributed by atoms with Gasteiger partial charge in [0.05, 0.1) is 18.7 Å². The van der Waals surface area contributed by atoms with Crippen LogP contribution in [0, 0.1) is 5.92 Å². The molecule has 3 atom stereocenters. The maximum atomic E-state index is 12.6. The van der Waals surface area contributed by atoms with Gasteiger partial charge in [-0.25, -0.2) is 9.59 Å². The van der Waals surface area contributed by atoms with E-state index in [9.17, 15) is 19.5 Å². The summed E-state index contributed by atoms with van der Waals surface area (Å²) in [6.07, 6.45) is -0.891. The van der Waals surface area contributed by atoms with Crippen LogP contribution in [0.15, 0.2) is 42.5 Å². The summed E-state index contributed by atoms with van der Waals surface area (Å²) in [5.41, 5.74) is 4.24. The normalized spacial score (nSPS) is 21.8. The van der Waals surface area contributed by atoms with Crippen molar-refractivity contribution in [2.75, 3.05) is 48.4 Å². The Balaban J connectivity index is 1.66. The Labute approximate surface area is 205 Å². The van der Waals surface area contributed by atoms with Crippen LogP contribution in [0.4, 0.5) is 21.9 Å². The van der Waals surface area contributed by atoms with Gasteiger partial charge in [0.2, 0.25) is 5.91 Å². The van der Waals surface area contributed by atoms with E-state index in [0.29, 0.717) is 31.7 Å². The van der Waals surface area contributed by atoms with Gasteiger partial charge in [0, 0.05) is 67.7 Å². The Hall–Kier alpha value is -3.75. The van der Waals surface area contributed by atoms with E-state index in [2.05, 4.69) is 30.1 Å². The van der Waals surface area contributed by atoms with Crippen LogP contribution in [0.2, 0.25) is 0 Å². The monoisotopic (exact) mass is 480 g/mol. The molecule has 2 aliphatic rings. The van der Waals surface area contributed by atoms with Gasteiger partial charge in [0.1, 0.15) is 0 Å². The minimum absolute atomic E-state index is 0.00527. The third-order valence-electron chi connectivity index (χ3n) is 7.18. The van der Waals surface area contributed by atoms with Crippen molar-refractivity contribution in [2.45, 2.75) is 32.9 Å². The first kappa shape index (κ1) is 24.4. The fraction of sp³-hybridized carbons (Fsp3) is 0.423. The lowest BCUT2D eigenvalue weighted by molar-refractivity contribution is -0.117. The maximum Gasteiger partial charge on any atom is 0.407 e. The molecule has 0 radical (unpaired) electrons. The lowest BCUT2D eigenvalue weighted by Crippen LogP contribution is -2.49. The zero-order valence-corrected chi connectivity index (χ0v) is 20.5. The molecule has 2 amide bonds. The molecule has 2 aromatic rings. The van der Waals surface area contributed by atoms with Gasteiger partial charge in [-0.05, 0) is 49.4 Å². The number of methoxy groups -OCH3 is 1. The summed E-state index contributed by atoms with van der Waals surface area (Å²) >= 11 is 0. The number of nitrogens with zero attached hydrogens (tertiary/aromatic N) is 3. The van der Waals surface area contributed by atoms with Gasteiger partial charge in [-0.2, -0.15) is 0 Å². The Morgan fingerprint density at radius 3 is 2.23 bits per heavy atom. The number of carbonyl (C=O) groups excluding carboxylic acids is 2. The van der Waals surface area contributed by atoms with Crippen molar-refractivity contribution in [3.63, 3.8) is 0 Å². The second kappa shape index (κ2) is 9.85. The van der Waals surface area contributed by atoms with Crippen LogP contribution in [-0.4, -0.2) is 67.3 Å². The number of nitrogens with one attached hydrogen (secondary N) is 1. The quantitative estimate of drug-likeness (QED) is 0.642. The van der Waals surface area contributed by atoms with E-state index in [0.717, 1.165) is 22.6 Å². The van der Waals surface area contributed by atoms with Gasteiger partial charge in [0.25, 0.3) is 0 Å². The number of benzene rings is 2. The van der Waals surface area contributed by atoms with Crippen molar-refractivity contribution in [3.05, 3.63) is 53.6 Å². The smallest absolute Gasteiger partial charge is 0.407 e. The van der Waals surface area contributed by atoms with Crippen molar-refractivity contribution in [1.29, 1.82) is 0 Å². The average molecular weight is 481 g/mol. The Kier molecular flexibility index (Phi) is 6.86. The van der Waals surface area contributed by atoms with Crippen molar-refractivity contribution < 1.29 is 24.2 Å². The van der Waals surface area contributed by atoms with Crippen LogP contribution in [0.5, 0.6) is 0 Å². The van der Waals surface area contributed by atoms with Crippen LogP contribution in [0.25, 0.3) is 0 Å². The molecule has 1 saturated heterocycles. The van der Waals surface area contributed by atoms with Gasteiger partial charge in [-0.1, -0.05) is 6.92 Å². The highest BCUT2D eigenvalue weighted by molar-refractivity contribution is 5.94. The summed E-state index contributed by atoms with van der Waals surface area (Å²) < 4.78 is 4.79. The van der Waals surface area contributed by atoms with Gasteiger partial charge < -0.3 is 29.9 Å². The first-order valence-corrected chi connectivity index (χ1v) is 11.8. The molecule has 0 saturated carbocycles. The second-order valence-electron chi connectivity index (χ2n) is 9.18. The molecule has 0 bridgehead atoms. The molecule has 1 fully saturated rings. The molecule has 2 N–H and O–H groups in total. The van der Waals surface area contributed by atoms with Crippen molar-refractivity contribution in [3.8, 4) is 0 Å². The van der Waals surface area contributed by atoms with Gasteiger partial charge in [-0.3, -0.25) is 4.79 Å². The molecule has 9 nitrogen and oxygen atoms in total. The summed E-state index contributed by atoms with van der Waals surface area (Å²) in [7, 11) is 1.36. The zero-order chi connectivity index (χ0) is 25.3. The van der Waals surface area contributed by atoms with Gasteiger partial charge in [0.15, 0.2) is 0 Å². The summed E-state index contributed by atoms with van der Waals surface area (Å²) in [4.78, 5) is 41.1. The SMILES string of the molecule is COC(=O)c1ccc(N[C@H]2c3cc(N4CCN(C(=O)O)CC4)ccc3N(C(C)=O)[C@@H](C)[C@@H]2C)cc1. The fourth-order valence-corrected chi connectivity index (χ4v) is 5.04. The fourth-order valence-electron chi connectivity index (χ4n) is 5.04. The van der Waals surface area contributed by atoms with E-state index in [1.807, 2.05) is 29.2 Å². The van der Waals surface area contributed by atoms with Crippen LogP contribution < -0.4 is 15.1 Å². The van der Waals surface area contributed by atoms with Crippen LogP contribution >= 0.6 is 0 Å². The van der Waals surface area contributed by atoms with E-state index < -0.39 is 6.09 Å². The topological polar surface area (TPSA) is 102 Å². The first-order valence-electron chi connectivity index (χ1n) is 11.8. The highest BCUT2D eigenvalue weighted by Crippen LogP contribution is 2.44. The number of fused-ring (bicyclic) bond motifs is 1. The van der Waals surface area contributed by atoms with E-state index in [1.54, 1.807) is 19.1 Å². The minimum Gasteiger partial charge on any atom is -0.465 e. The second-order valence-corrected chi connectivity index (χ2v) is 9.18. The average Bonchev–Trinajstić information content (AvgIpc) is 2.86. The predicted octanol–water partition coefficient (Wildman–Crippen LogP) is 3.82. The van der Waals surface area contributed by atoms with E-state index >= 15 is 0 Å². The number of rotatable bonds is 4. The number of carboxylic acid groups (broad SMARTS) is 1. The molecule has 2 aliphatic heterocycles. The largest absolute Gasteiger partial charge is 0.465 e. The van der Waals surface area contributed by atoms with E-state index in [-0.39, 0.29) is 29.9 Å². The lowest BCUT2D eigenvalue weighted by Gasteiger charge is -2.45. The Morgan fingerprint density at radius 2 is 1.66 bits per heavy atom. The Morgan fingerprint density at radius 1 is 1.00 bits per heavy atom. The number of piperazine rings is 1. The number of hydrogen-bond donors (Lipinski definition) is 2. The number of ether oxygens (including phenoxy) is 1. The third-order valence-corrected chi connectivity index (χ3v) is 7.18. The van der Waals surface area contributed by atoms with Gasteiger partial charge >= 0.3 is 12.1 Å². The molecule has 0 unspecified atom stereocenters. The summed E-state index contributed by atoms with van der Waals surface area (Å²) in [6, 6.07) is 13.2. The Bertz CT molecular complexity index is 1110. The summed E-state index contributed by atoms with van der Waals surface area (Å²) in [5, 5.41) is 12.9. The molecule has 2 heterocycles. The van der Waals surface area contributed by atoms with Crippen molar-refractivity contribution >= 4 is 35.0 Å². The molecule has 186 valence electrons. The highest BCUT2D eigenvalue weighted by Gasteiger charge is 2.38. The molecule has 9 heteroatoms. The predicted molar refractivity (Wildman–Crippen MR) is 134 cm³/mol. The van der Waals surface area contributed by atoms with Crippen LogP contribution in [0.1, 0.15) is 42.7 Å². The molecule has 2 aromatic carbocycles. The third kappa shape index (κ3) is 4.76. The molecule has 4 rings (SSSR count). The number of anilines is 3. The van der Waals surface area contributed by atoms with Crippen molar-refractivity contribution in [1.82, 2.24) is 4.90 Å². The molecule has 0 aromatic heterocycles. The highest BCUT2D eigenvalue weighted by atomic mass is 16.5. The van der Waals surface area contributed by atoms with Crippen molar-refractivity contribution in [2.24, 2.45) is 5.92 Å². The van der Waals surface area contributed by atoms with E-state index in [4.69, 9.17) is 4.74 Å². The van der Waals surface area contributed by atoms with Gasteiger partial charge in [-0.15, -0.1) is 0 Å². The number of carbonyl (C=O) groups is 3. The molecule has 35 heavy (non-hydrogen) atoms. The van der Waals surface area contributed by atoms with Crippen LogP contribution in [-0.2, 0) is 9.53 Å².